The largest absolute Gasteiger partial charge is 0.497 e. The van der Waals surface area contributed by atoms with Crippen LogP contribution in [-0.4, -0.2) is 29.8 Å². The first-order chi connectivity index (χ1) is 12.6. The molecule has 0 fully saturated rings. The number of H-pyrrole nitrogens is 1. The minimum Gasteiger partial charge on any atom is -0.497 e. The maximum Gasteiger partial charge on any atom is 0.248 e. The standard InChI is InChI=1S/C21H24N2O3/c1-14(12-15-6-8-16(26-2)9-7-15)22-13-20(24)18-4-3-5-19-17(18)10-11-21(25)23-19/h3-11,14,20,22,24H,12-13H2,1-2H3,(H,23,25)/t14-,20+/m1/s1. The molecule has 0 unspecified atom stereocenters. The zero-order chi connectivity index (χ0) is 18.5. The molecule has 3 rings (SSSR count). The molecule has 1 aromatic heterocycles. The van der Waals surface area contributed by atoms with Gasteiger partial charge in [-0.3, -0.25) is 4.79 Å². The first-order valence-corrected chi connectivity index (χ1v) is 8.73. The van der Waals surface area contributed by atoms with Gasteiger partial charge in [-0.05, 0) is 48.7 Å². The Bertz CT molecular complexity index is 918. The lowest BCUT2D eigenvalue weighted by molar-refractivity contribution is 0.172. The van der Waals surface area contributed by atoms with Gasteiger partial charge in [0.05, 0.1) is 13.2 Å². The van der Waals surface area contributed by atoms with Crippen LogP contribution in [0.1, 0.15) is 24.2 Å². The van der Waals surface area contributed by atoms with Crippen molar-refractivity contribution in [1.82, 2.24) is 10.3 Å². The second kappa shape index (κ2) is 8.17. The lowest BCUT2D eigenvalue weighted by Crippen LogP contribution is -2.32. The van der Waals surface area contributed by atoms with Gasteiger partial charge >= 0.3 is 0 Å². The molecule has 0 radical (unpaired) electrons. The van der Waals surface area contributed by atoms with Gasteiger partial charge in [-0.25, -0.2) is 0 Å². The highest BCUT2D eigenvalue weighted by atomic mass is 16.5. The van der Waals surface area contributed by atoms with Crippen LogP contribution in [0.4, 0.5) is 0 Å². The van der Waals surface area contributed by atoms with Gasteiger partial charge in [0.25, 0.3) is 0 Å². The summed E-state index contributed by atoms with van der Waals surface area (Å²) in [6.45, 7) is 2.53. The monoisotopic (exact) mass is 352 g/mol. The van der Waals surface area contributed by atoms with Crippen LogP contribution in [-0.2, 0) is 6.42 Å². The van der Waals surface area contributed by atoms with E-state index in [4.69, 9.17) is 4.74 Å². The Morgan fingerprint density at radius 3 is 2.62 bits per heavy atom. The van der Waals surface area contributed by atoms with E-state index < -0.39 is 6.10 Å². The molecular formula is C21H24N2O3. The van der Waals surface area contributed by atoms with E-state index in [-0.39, 0.29) is 11.6 Å². The van der Waals surface area contributed by atoms with E-state index >= 15 is 0 Å². The van der Waals surface area contributed by atoms with Gasteiger partial charge in [-0.1, -0.05) is 24.3 Å². The van der Waals surface area contributed by atoms with E-state index in [2.05, 4.69) is 29.4 Å². The van der Waals surface area contributed by atoms with Gasteiger partial charge in [-0.2, -0.15) is 0 Å². The molecular weight excluding hydrogens is 328 g/mol. The number of fused-ring (bicyclic) bond motifs is 1. The second-order valence-electron chi connectivity index (χ2n) is 6.51. The Morgan fingerprint density at radius 2 is 1.88 bits per heavy atom. The SMILES string of the molecule is COc1ccc(C[C@@H](C)NC[C@H](O)c2cccc3[nH]c(=O)ccc23)cc1. The molecule has 5 nitrogen and oxygen atoms in total. The summed E-state index contributed by atoms with van der Waals surface area (Å²) in [6, 6.07) is 17.0. The van der Waals surface area contributed by atoms with E-state index in [1.165, 1.54) is 11.6 Å². The summed E-state index contributed by atoms with van der Waals surface area (Å²) in [5.41, 5.74) is 2.61. The number of benzene rings is 2. The number of hydrogen-bond acceptors (Lipinski definition) is 4. The van der Waals surface area contributed by atoms with E-state index in [0.29, 0.717) is 6.54 Å². The number of aliphatic hydroxyl groups is 1. The van der Waals surface area contributed by atoms with Crippen LogP contribution < -0.4 is 15.6 Å². The average molecular weight is 352 g/mol. The summed E-state index contributed by atoms with van der Waals surface area (Å²) in [7, 11) is 1.66. The highest BCUT2D eigenvalue weighted by Crippen LogP contribution is 2.22. The number of hydrogen-bond donors (Lipinski definition) is 3. The van der Waals surface area contributed by atoms with Crippen molar-refractivity contribution in [2.24, 2.45) is 0 Å². The van der Waals surface area contributed by atoms with Gasteiger partial charge in [0.2, 0.25) is 5.56 Å². The highest BCUT2D eigenvalue weighted by molar-refractivity contribution is 5.82. The second-order valence-corrected chi connectivity index (χ2v) is 6.51. The molecule has 5 heteroatoms. The Kier molecular flexibility index (Phi) is 5.71. The molecule has 0 aliphatic carbocycles. The number of aromatic nitrogens is 1. The lowest BCUT2D eigenvalue weighted by Gasteiger charge is -2.19. The van der Waals surface area contributed by atoms with Crippen molar-refractivity contribution in [3.05, 3.63) is 76.1 Å². The molecule has 0 saturated heterocycles. The molecule has 0 saturated carbocycles. The fourth-order valence-electron chi connectivity index (χ4n) is 3.11. The third-order valence-corrected chi connectivity index (χ3v) is 4.52. The molecule has 1 heterocycles. The Hall–Kier alpha value is -2.63. The van der Waals surface area contributed by atoms with Crippen LogP contribution in [0.2, 0.25) is 0 Å². The average Bonchev–Trinajstić information content (AvgIpc) is 2.66. The molecule has 3 aromatic rings. The van der Waals surface area contributed by atoms with Crippen molar-refractivity contribution in [1.29, 1.82) is 0 Å². The topological polar surface area (TPSA) is 74.3 Å². The number of pyridine rings is 1. The minimum absolute atomic E-state index is 0.143. The molecule has 2 aromatic carbocycles. The fraction of sp³-hybridized carbons (Fsp3) is 0.286. The summed E-state index contributed by atoms with van der Waals surface area (Å²) in [5.74, 6) is 0.846. The van der Waals surface area contributed by atoms with E-state index in [9.17, 15) is 9.90 Å². The Balaban J connectivity index is 1.63. The van der Waals surface area contributed by atoms with E-state index in [0.717, 1.165) is 28.6 Å². The summed E-state index contributed by atoms with van der Waals surface area (Å²) >= 11 is 0. The quantitative estimate of drug-likeness (QED) is 0.611. The van der Waals surface area contributed by atoms with Crippen LogP contribution in [0.25, 0.3) is 10.9 Å². The predicted molar refractivity (Wildman–Crippen MR) is 104 cm³/mol. The maximum atomic E-state index is 11.5. The van der Waals surface area contributed by atoms with Gasteiger partial charge in [0.1, 0.15) is 5.75 Å². The number of ether oxygens (including phenoxy) is 1. The van der Waals surface area contributed by atoms with Gasteiger partial charge in [0, 0.05) is 29.6 Å². The molecule has 3 N–H and O–H groups in total. The lowest BCUT2D eigenvalue weighted by atomic mass is 10.0. The Labute approximate surface area is 152 Å². The molecule has 136 valence electrons. The van der Waals surface area contributed by atoms with Crippen molar-refractivity contribution < 1.29 is 9.84 Å². The van der Waals surface area contributed by atoms with E-state index in [1.54, 1.807) is 13.2 Å². The molecule has 2 atom stereocenters. The van der Waals surface area contributed by atoms with Gasteiger partial charge < -0.3 is 20.1 Å². The maximum absolute atomic E-state index is 11.5. The number of rotatable bonds is 7. The molecule has 0 spiro atoms. The molecule has 0 amide bonds. The van der Waals surface area contributed by atoms with Crippen LogP contribution in [0.15, 0.2) is 59.4 Å². The third-order valence-electron chi connectivity index (χ3n) is 4.52. The van der Waals surface area contributed by atoms with Crippen molar-refractivity contribution in [2.75, 3.05) is 13.7 Å². The van der Waals surface area contributed by atoms with E-state index in [1.807, 2.05) is 30.3 Å². The first-order valence-electron chi connectivity index (χ1n) is 8.73. The van der Waals surface area contributed by atoms with Crippen molar-refractivity contribution >= 4 is 10.9 Å². The first kappa shape index (κ1) is 18.2. The van der Waals surface area contributed by atoms with Crippen LogP contribution in [0.5, 0.6) is 5.75 Å². The molecule has 0 bridgehead atoms. The zero-order valence-corrected chi connectivity index (χ0v) is 15.0. The summed E-state index contributed by atoms with van der Waals surface area (Å²) in [6.07, 6.45) is 0.211. The summed E-state index contributed by atoms with van der Waals surface area (Å²) < 4.78 is 5.17. The van der Waals surface area contributed by atoms with Gasteiger partial charge in [0.15, 0.2) is 0 Å². The van der Waals surface area contributed by atoms with Crippen molar-refractivity contribution in [3.8, 4) is 5.75 Å². The summed E-state index contributed by atoms with van der Waals surface area (Å²) in [5, 5.41) is 14.8. The molecule has 0 aliphatic heterocycles. The fourth-order valence-corrected chi connectivity index (χ4v) is 3.11. The molecule has 26 heavy (non-hydrogen) atoms. The number of nitrogens with one attached hydrogen (secondary N) is 2. The molecule has 0 aliphatic rings. The Morgan fingerprint density at radius 1 is 1.12 bits per heavy atom. The highest BCUT2D eigenvalue weighted by Gasteiger charge is 2.13. The minimum atomic E-state index is -0.650. The summed E-state index contributed by atoms with van der Waals surface area (Å²) in [4.78, 5) is 14.2. The smallest absolute Gasteiger partial charge is 0.248 e. The van der Waals surface area contributed by atoms with Crippen molar-refractivity contribution in [3.63, 3.8) is 0 Å². The normalized spacial score (nSPS) is 13.5. The van der Waals surface area contributed by atoms with Crippen LogP contribution >= 0.6 is 0 Å². The van der Waals surface area contributed by atoms with Crippen molar-refractivity contribution in [2.45, 2.75) is 25.5 Å². The predicted octanol–water partition coefficient (Wildman–Crippen LogP) is 2.79. The number of aromatic amines is 1. The number of aliphatic hydroxyl groups excluding tert-OH is 1. The zero-order valence-electron chi connectivity index (χ0n) is 15.0. The van der Waals surface area contributed by atoms with Crippen LogP contribution in [0, 0.1) is 0 Å². The third kappa shape index (κ3) is 4.31. The van der Waals surface area contributed by atoms with Crippen LogP contribution in [0.3, 0.4) is 0 Å². The van der Waals surface area contributed by atoms with Gasteiger partial charge in [-0.15, -0.1) is 0 Å². The number of methoxy groups -OCH3 is 1.